The second-order valence-corrected chi connectivity index (χ2v) is 6.03. The van der Waals surface area contributed by atoms with Crippen molar-refractivity contribution in [2.75, 3.05) is 0 Å². The third-order valence-corrected chi connectivity index (χ3v) is 4.38. The van der Waals surface area contributed by atoms with Crippen molar-refractivity contribution < 1.29 is 0 Å². The van der Waals surface area contributed by atoms with Gasteiger partial charge in [0.05, 0.1) is 11.0 Å². The molecule has 5 nitrogen and oxygen atoms in total. The fraction of sp³-hybridized carbons (Fsp3) is 0.200. The predicted molar refractivity (Wildman–Crippen MR) is 83.2 cm³/mol. The summed E-state index contributed by atoms with van der Waals surface area (Å²) in [7, 11) is 0. The monoisotopic (exact) mass is 298 g/mol. The quantitative estimate of drug-likeness (QED) is 0.692. The van der Waals surface area contributed by atoms with E-state index in [9.17, 15) is 4.79 Å². The molecule has 0 fully saturated rings. The number of thiophene rings is 1. The molecule has 3 aromatic rings. The largest absolute Gasteiger partial charge is 0.323 e. The van der Waals surface area contributed by atoms with Crippen LogP contribution in [0.25, 0.3) is 11.0 Å². The van der Waals surface area contributed by atoms with E-state index in [2.05, 4.69) is 28.3 Å². The van der Waals surface area contributed by atoms with Crippen molar-refractivity contribution in [2.45, 2.75) is 19.5 Å². The van der Waals surface area contributed by atoms with Crippen LogP contribution in [-0.2, 0) is 6.54 Å². The molecule has 2 heterocycles. The van der Waals surface area contributed by atoms with Crippen LogP contribution in [0.3, 0.4) is 0 Å². The van der Waals surface area contributed by atoms with Gasteiger partial charge in [0.1, 0.15) is 10.9 Å². The van der Waals surface area contributed by atoms with Gasteiger partial charge in [0.25, 0.3) is 0 Å². The summed E-state index contributed by atoms with van der Waals surface area (Å²) in [6.45, 7) is 2.79. The fourth-order valence-electron chi connectivity index (χ4n) is 2.22. The number of hydrogen-bond donors (Lipinski definition) is 3. The molecule has 1 aromatic carbocycles. The zero-order chi connectivity index (χ0) is 14.8. The Morgan fingerprint density at radius 1 is 1.29 bits per heavy atom. The third kappa shape index (κ3) is 2.89. The SMILES string of the molecule is CC(NCc1ccc(C#N)s1)c1ccc2[nH]c(=O)[nH]c2c1. The van der Waals surface area contributed by atoms with Crippen molar-refractivity contribution in [3.8, 4) is 6.07 Å². The van der Waals surface area contributed by atoms with Gasteiger partial charge in [-0.05, 0) is 36.8 Å². The van der Waals surface area contributed by atoms with E-state index < -0.39 is 0 Å². The first-order valence-electron chi connectivity index (χ1n) is 6.60. The van der Waals surface area contributed by atoms with Crippen LogP contribution in [0.15, 0.2) is 35.1 Å². The maximum absolute atomic E-state index is 11.3. The van der Waals surface area contributed by atoms with Crippen LogP contribution in [0, 0.1) is 11.3 Å². The van der Waals surface area contributed by atoms with Gasteiger partial charge in [0.15, 0.2) is 0 Å². The number of nitrogens with one attached hydrogen (secondary N) is 3. The van der Waals surface area contributed by atoms with Gasteiger partial charge in [0, 0.05) is 17.5 Å². The minimum Gasteiger partial charge on any atom is -0.306 e. The average molecular weight is 298 g/mol. The molecule has 0 aliphatic heterocycles. The molecule has 2 aromatic heterocycles. The Balaban J connectivity index is 1.72. The minimum absolute atomic E-state index is 0.153. The lowest BCUT2D eigenvalue weighted by Gasteiger charge is -2.13. The molecule has 1 atom stereocenters. The van der Waals surface area contributed by atoms with E-state index in [1.165, 1.54) is 11.3 Å². The number of imidazole rings is 1. The van der Waals surface area contributed by atoms with E-state index in [0.717, 1.165) is 32.9 Å². The molecule has 0 amide bonds. The van der Waals surface area contributed by atoms with Gasteiger partial charge in [-0.15, -0.1) is 11.3 Å². The van der Waals surface area contributed by atoms with Gasteiger partial charge in [-0.25, -0.2) is 4.79 Å². The lowest BCUT2D eigenvalue weighted by molar-refractivity contribution is 0.579. The smallest absolute Gasteiger partial charge is 0.306 e. The molecular weight excluding hydrogens is 284 g/mol. The fourth-order valence-corrected chi connectivity index (χ4v) is 2.98. The molecule has 0 spiro atoms. The third-order valence-electron chi connectivity index (χ3n) is 3.39. The normalized spacial score (nSPS) is 12.4. The van der Waals surface area contributed by atoms with Crippen LogP contribution < -0.4 is 11.0 Å². The van der Waals surface area contributed by atoms with Gasteiger partial charge in [-0.3, -0.25) is 0 Å². The van der Waals surface area contributed by atoms with Crippen LogP contribution >= 0.6 is 11.3 Å². The van der Waals surface area contributed by atoms with Gasteiger partial charge in [0.2, 0.25) is 0 Å². The number of aromatic nitrogens is 2. The van der Waals surface area contributed by atoms with Gasteiger partial charge >= 0.3 is 5.69 Å². The summed E-state index contributed by atoms with van der Waals surface area (Å²) in [6, 6.07) is 12.0. The number of fused-ring (bicyclic) bond motifs is 1. The highest BCUT2D eigenvalue weighted by atomic mass is 32.1. The van der Waals surface area contributed by atoms with Crippen molar-refractivity contribution in [3.63, 3.8) is 0 Å². The highest BCUT2D eigenvalue weighted by Gasteiger charge is 2.08. The van der Waals surface area contributed by atoms with Gasteiger partial charge in [-0.1, -0.05) is 6.07 Å². The number of H-pyrrole nitrogens is 2. The molecule has 1 unspecified atom stereocenters. The topological polar surface area (TPSA) is 84.5 Å². The van der Waals surface area contributed by atoms with Crippen molar-refractivity contribution >= 4 is 22.4 Å². The van der Waals surface area contributed by atoms with Crippen LogP contribution in [0.2, 0.25) is 0 Å². The van der Waals surface area contributed by atoms with Gasteiger partial charge < -0.3 is 15.3 Å². The van der Waals surface area contributed by atoms with E-state index in [1.807, 2.05) is 30.3 Å². The molecule has 106 valence electrons. The maximum Gasteiger partial charge on any atom is 0.323 e. The Labute approximate surface area is 125 Å². The van der Waals surface area contributed by atoms with Crippen molar-refractivity contribution in [3.05, 3.63) is 56.1 Å². The minimum atomic E-state index is -0.189. The Hall–Kier alpha value is -2.36. The predicted octanol–water partition coefficient (Wildman–Crippen LogP) is 2.64. The summed E-state index contributed by atoms with van der Waals surface area (Å²) in [5.41, 5.74) is 2.54. The Morgan fingerprint density at radius 2 is 2.10 bits per heavy atom. The summed E-state index contributed by atoms with van der Waals surface area (Å²) >= 11 is 1.50. The summed E-state index contributed by atoms with van der Waals surface area (Å²) < 4.78 is 0. The summed E-state index contributed by atoms with van der Waals surface area (Å²) in [5, 5.41) is 12.2. The zero-order valence-corrected chi connectivity index (χ0v) is 12.3. The summed E-state index contributed by atoms with van der Waals surface area (Å²) in [4.78, 5) is 18.6. The number of nitrogens with zero attached hydrogens (tertiary/aromatic N) is 1. The molecule has 0 radical (unpaired) electrons. The van der Waals surface area contributed by atoms with Crippen molar-refractivity contribution in [1.82, 2.24) is 15.3 Å². The molecule has 3 N–H and O–H groups in total. The molecule has 0 aliphatic rings. The first-order chi connectivity index (χ1) is 10.2. The van der Waals surface area contributed by atoms with E-state index in [0.29, 0.717) is 0 Å². The highest BCUT2D eigenvalue weighted by Crippen LogP contribution is 2.19. The number of aromatic amines is 2. The molecule has 6 heteroatoms. The average Bonchev–Trinajstić information content (AvgIpc) is 3.08. The second-order valence-electron chi connectivity index (χ2n) is 4.86. The molecular formula is C15H14N4OS. The van der Waals surface area contributed by atoms with E-state index in [-0.39, 0.29) is 11.7 Å². The van der Waals surface area contributed by atoms with Crippen molar-refractivity contribution in [1.29, 1.82) is 5.26 Å². The summed E-state index contributed by atoms with van der Waals surface area (Å²) in [5.74, 6) is 0. The maximum atomic E-state index is 11.3. The standard InChI is InChI=1S/C15H14N4OS/c1-9(17-8-12-4-3-11(7-16)21-12)10-2-5-13-14(6-10)19-15(20)18-13/h2-6,9,17H,8H2,1H3,(H2,18,19,20). The Bertz CT molecular complexity index is 868. The summed E-state index contributed by atoms with van der Waals surface area (Å²) in [6.07, 6.45) is 0. The van der Waals surface area contributed by atoms with E-state index >= 15 is 0 Å². The number of nitriles is 1. The molecule has 0 aliphatic carbocycles. The molecule has 0 saturated carbocycles. The molecule has 21 heavy (non-hydrogen) atoms. The van der Waals surface area contributed by atoms with Crippen LogP contribution in [0.5, 0.6) is 0 Å². The van der Waals surface area contributed by atoms with Gasteiger partial charge in [-0.2, -0.15) is 5.26 Å². The first-order valence-corrected chi connectivity index (χ1v) is 7.41. The van der Waals surface area contributed by atoms with Crippen LogP contribution in [0.4, 0.5) is 0 Å². The first kappa shape index (κ1) is 13.6. The zero-order valence-electron chi connectivity index (χ0n) is 11.4. The second kappa shape index (κ2) is 5.56. The lowest BCUT2D eigenvalue weighted by Crippen LogP contribution is -2.17. The molecule has 3 rings (SSSR count). The van der Waals surface area contributed by atoms with Crippen LogP contribution in [0.1, 0.15) is 28.3 Å². The Kier molecular flexibility index (Phi) is 3.60. The van der Waals surface area contributed by atoms with Crippen molar-refractivity contribution in [2.24, 2.45) is 0 Å². The molecule has 0 saturated heterocycles. The number of rotatable bonds is 4. The highest BCUT2D eigenvalue weighted by molar-refractivity contribution is 7.12. The lowest BCUT2D eigenvalue weighted by atomic mass is 10.1. The number of hydrogen-bond acceptors (Lipinski definition) is 4. The van der Waals surface area contributed by atoms with Crippen LogP contribution in [-0.4, -0.2) is 9.97 Å². The number of benzene rings is 1. The molecule has 0 bridgehead atoms. The van der Waals surface area contributed by atoms with E-state index in [4.69, 9.17) is 5.26 Å². The van der Waals surface area contributed by atoms with E-state index in [1.54, 1.807) is 0 Å². The Morgan fingerprint density at radius 3 is 2.86 bits per heavy atom.